The van der Waals surface area contributed by atoms with Gasteiger partial charge in [0.2, 0.25) is 0 Å². The fourth-order valence-corrected chi connectivity index (χ4v) is 0.943. The van der Waals surface area contributed by atoms with Crippen molar-refractivity contribution >= 4 is 5.84 Å². The zero-order valence-corrected chi connectivity index (χ0v) is 7.55. The second-order valence-corrected chi connectivity index (χ2v) is 2.58. The highest BCUT2D eigenvalue weighted by molar-refractivity contribution is 5.97. The summed E-state index contributed by atoms with van der Waals surface area (Å²) in [5.41, 5.74) is 5.98. The van der Waals surface area contributed by atoms with Gasteiger partial charge < -0.3 is 20.8 Å². The molecule has 0 saturated heterocycles. The van der Waals surface area contributed by atoms with Crippen LogP contribution in [0.2, 0.25) is 0 Å². The van der Waals surface area contributed by atoms with Crippen LogP contribution >= 0.6 is 0 Å². The highest BCUT2D eigenvalue weighted by Crippen LogP contribution is 2.11. The number of nitrogens with zero attached hydrogens (tertiary/aromatic N) is 1. The third-order valence-electron chi connectivity index (χ3n) is 1.62. The Morgan fingerprint density at radius 3 is 2.50 bits per heavy atom. The van der Waals surface area contributed by atoms with Crippen molar-refractivity contribution in [1.29, 1.82) is 0 Å². The Labute approximate surface area is 81.4 Å². The van der Waals surface area contributed by atoms with Gasteiger partial charge in [-0.3, -0.25) is 0 Å². The van der Waals surface area contributed by atoms with Gasteiger partial charge in [0.1, 0.15) is 12.4 Å². The minimum atomic E-state index is -0.0258. The third-order valence-corrected chi connectivity index (χ3v) is 1.62. The minimum absolute atomic E-state index is 0.0258. The van der Waals surface area contributed by atoms with E-state index >= 15 is 0 Å². The normalized spacial score (nSPS) is 11.4. The summed E-state index contributed by atoms with van der Waals surface area (Å²) < 4.78 is 5.13. The molecule has 0 saturated carbocycles. The first-order valence-electron chi connectivity index (χ1n) is 4.09. The van der Waals surface area contributed by atoms with Crippen LogP contribution in [0.25, 0.3) is 0 Å². The van der Waals surface area contributed by atoms with Gasteiger partial charge in [-0.2, -0.15) is 0 Å². The quantitative estimate of drug-likeness (QED) is 0.277. The Kier molecular flexibility index (Phi) is 3.75. The monoisotopic (exact) mass is 196 g/mol. The van der Waals surface area contributed by atoms with E-state index in [1.165, 1.54) is 0 Å². The van der Waals surface area contributed by atoms with E-state index in [4.69, 9.17) is 20.8 Å². The summed E-state index contributed by atoms with van der Waals surface area (Å²) in [5, 5.41) is 19.8. The molecule has 1 aromatic rings. The Hall–Kier alpha value is -1.75. The van der Waals surface area contributed by atoms with Crippen LogP contribution in [0.4, 0.5) is 0 Å². The lowest BCUT2D eigenvalue weighted by molar-refractivity contribution is 0.201. The van der Waals surface area contributed by atoms with Crippen molar-refractivity contribution in [2.24, 2.45) is 10.9 Å². The molecular weight excluding hydrogens is 184 g/mol. The van der Waals surface area contributed by atoms with Crippen molar-refractivity contribution < 1.29 is 15.1 Å². The number of rotatable bonds is 4. The lowest BCUT2D eigenvalue weighted by Crippen LogP contribution is -2.12. The molecule has 0 aliphatic heterocycles. The Balaban J connectivity index is 2.68. The maximum Gasteiger partial charge on any atom is 0.170 e. The Morgan fingerprint density at radius 1 is 1.36 bits per heavy atom. The number of aliphatic hydroxyl groups excluding tert-OH is 1. The van der Waals surface area contributed by atoms with Crippen LogP contribution in [0.5, 0.6) is 5.75 Å². The van der Waals surface area contributed by atoms with Gasteiger partial charge in [0.15, 0.2) is 5.84 Å². The molecule has 76 valence electrons. The van der Waals surface area contributed by atoms with Crippen LogP contribution in [0, 0.1) is 0 Å². The van der Waals surface area contributed by atoms with Crippen molar-refractivity contribution in [1.82, 2.24) is 0 Å². The maximum atomic E-state index is 8.51. The molecule has 1 rings (SSSR count). The second-order valence-electron chi connectivity index (χ2n) is 2.58. The molecule has 1 aromatic carbocycles. The molecule has 0 radical (unpaired) electrons. The fourth-order valence-electron chi connectivity index (χ4n) is 0.943. The lowest BCUT2D eigenvalue weighted by atomic mass is 10.2. The third kappa shape index (κ3) is 2.63. The molecule has 0 bridgehead atoms. The Morgan fingerprint density at radius 2 is 2.00 bits per heavy atom. The largest absolute Gasteiger partial charge is 0.491 e. The van der Waals surface area contributed by atoms with E-state index in [0.717, 1.165) is 0 Å². The molecule has 4 N–H and O–H groups in total. The number of nitrogens with two attached hydrogens (primary N) is 1. The molecule has 0 heterocycles. The van der Waals surface area contributed by atoms with Gasteiger partial charge in [-0.15, -0.1) is 0 Å². The molecule has 0 aliphatic rings. The zero-order chi connectivity index (χ0) is 10.4. The number of benzene rings is 1. The average molecular weight is 196 g/mol. The van der Waals surface area contributed by atoms with Crippen LogP contribution in [0.3, 0.4) is 0 Å². The van der Waals surface area contributed by atoms with Gasteiger partial charge >= 0.3 is 0 Å². The van der Waals surface area contributed by atoms with Crippen LogP contribution < -0.4 is 10.5 Å². The number of ether oxygens (including phenoxy) is 1. The molecule has 0 amide bonds. The van der Waals surface area contributed by atoms with Crippen molar-refractivity contribution in [2.75, 3.05) is 13.2 Å². The van der Waals surface area contributed by atoms with Gasteiger partial charge in [0.05, 0.1) is 6.61 Å². The molecule has 14 heavy (non-hydrogen) atoms. The predicted octanol–water partition coefficient (Wildman–Crippen LogP) is 0.152. The molecule has 5 nitrogen and oxygen atoms in total. The van der Waals surface area contributed by atoms with E-state index < -0.39 is 0 Å². The van der Waals surface area contributed by atoms with E-state index in [0.29, 0.717) is 11.3 Å². The van der Waals surface area contributed by atoms with Crippen LogP contribution in [0.1, 0.15) is 5.56 Å². The molecule has 0 aliphatic carbocycles. The number of hydrogen-bond donors (Lipinski definition) is 3. The number of aliphatic hydroxyl groups is 1. The molecule has 0 atom stereocenters. The van der Waals surface area contributed by atoms with Crippen LogP contribution in [-0.2, 0) is 0 Å². The van der Waals surface area contributed by atoms with E-state index in [2.05, 4.69) is 5.16 Å². The van der Waals surface area contributed by atoms with Crippen molar-refractivity contribution in [3.05, 3.63) is 29.8 Å². The smallest absolute Gasteiger partial charge is 0.170 e. The summed E-state index contributed by atoms with van der Waals surface area (Å²) in [4.78, 5) is 0. The Bertz CT molecular complexity index is 308. The standard InChI is InChI=1S/C9H12N2O3/c10-9(11-13)7-1-3-8(4-2-7)14-6-5-12/h1-4,12-13H,5-6H2,(H2,10,11). The summed E-state index contributed by atoms with van der Waals surface area (Å²) >= 11 is 0. The van der Waals surface area contributed by atoms with Gasteiger partial charge in [-0.05, 0) is 24.3 Å². The summed E-state index contributed by atoms with van der Waals surface area (Å²) in [6.45, 7) is 0.227. The molecule has 0 aromatic heterocycles. The first-order chi connectivity index (χ1) is 6.77. The molecular formula is C9H12N2O3. The molecule has 0 spiro atoms. The second kappa shape index (κ2) is 5.08. The zero-order valence-electron chi connectivity index (χ0n) is 7.55. The van der Waals surface area contributed by atoms with E-state index in [9.17, 15) is 0 Å². The lowest BCUT2D eigenvalue weighted by Gasteiger charge is -2.04. The first kappa shape index (κ1) is 10.3. The summed E-state index contributed by atoms with van der Waals surface area (Å²) in [6, 6.07) is 6.70. The summed E-state index contributed by atoms with van der Waals surface area (Å²) in [5.74, 6) is 0.687. The topological polar surface area (TPSA) is 88.1 Å². The van der Waals surface area contributed by atoms with Crippen molar-refractivity contribution in [3.63, 3.8) is 0 Å². The minimum Gasteiger partial charge on any atom is -0.491 e. The molecule has 5 heteroatoms. The molecule has 0 fully saturated rings. The number of amidine groups is 1. The van der Waals surface area contributed by atoms with Crippen molar-refractivity contribution in [3.8, 4) is 5.75 Å². The van der Waals surface area contributed by atoms with Gasteiger partial charge in [-0.25, -0.2) is 0 Å². The van der Waals surface area contributed by atoms with Crippen LogP contribution in [0.15, 0.2) is 29.4 Å². The highest BCUT2D eigenvalue weighted by Gasteiger charge is 1.98. The van der Waals surface area contributed by atoms with E-state index in [1.54, 1.807) is 24.3 Å². The maximum absolute atomic E-state index is 8.51. The SMILES string of the molecule is NC(=NO)c1ccc(OCCO)cc1. The first-order valence-corrected chi connectivity index (χ1v) is 4.09. The summed E-state index contributed by atoms with van der Waals surface area (Å²) in [7, 11) is 0. The predicted molar refractivity (Wildman–Crippen MR) is 51.5 cm³/mol. The van der Waals surface area contributed by atoms with E-state index in [1.807, 2.05) is 0 Å². The average Bonchev–Trinajstić information content (AvgIpc) is 2.26. The van der Waals surface area contributed by atoms with Gasteiger partial charge in [0, 0.05) is 5.56 Å². The molecule has 0 unspecified atom stereocenters. The van der Waals surface area contributed by atoms with E-state index in [-0.39, 0.29) is 19.0 Å². The number of hydrogen-bond acceptors (Lipinski definition) is 4. The van der Waals surface area contributed by atoms with Crippen LogP contribution in [-0.4, -0.2) is 29.4 Å². The summed E-state index contributed by atoms with van der Waals surface area (Å²) in [6.07, 6.45) is 0. The van der Waals surface area contributed by atoms with Gasteiger partial charge in [-0.1, -0.05) is 5.16 Å². The fraction of sp³-hybridized carbons (Fsp3) is 0.222. The number of oxime groups is 1. The highest BCUT2D eigenvalue weighted by atomic mass is 16.5. The van der Waals surface area contributed by atoms with Gasteiger partial charge in [0.25, 0.3) is 0 Å². The van der Waals surface area contributed by atoms with Crippen molar-refractivity contribution in [2.45, 2.75) is 0 Å².